The van der Waals surface area contributed by atoms with E-state index in [2.05, 4.69) is 14.9 Å². The van der Waals surface area contributed by atoms with Crippen LogP contribution in [-0.4, -0.2) is 25.1 Å². The maximum absolute atomic E-state index is 12.1. The predicted molar refractivity (Wildman–Crippen MR) is 73.7 cm³/mol. The number of sulfonamides is 1. The summed E-state index contributed by atoms with van der Waals surface area (Å²) in [5, 5.41) is 3.65. The monoisotopic (exact) mass is 295 g/mol. The van der Waals surface area contributed by atoms with Crippen molar-refractivity contribution in [2.24, 2.45) is 0 Å². The SMILES string of the molecule is Cc1noc(C)c1S(=O)(=O)NCCCc1ccccn1. The first-order chi connectivity index (χ1) is 9.50. The topological polar surface area (TPSA) is 85.1 Å². The molecule has 0 aliphatic rings. The van der Waals surface area contributed by atoms with E-state index in [1.165, 1.54) is 0 Å². The third-order valence-corrected chi connectivity index (χ3v) is 4.57. The quantitative estimate of drug-likeness (QED) is 0.818. The minimum atomic E-state index is -3.56. The largest absolute Gasteiger partial charge is 0.360 e. The molecule has 2 heterocycles. The summed E-state index contributed by atoms with van der Waals surface area (Å²) in [6.45, 7) is 3.55. The Labute approximate surface area is 118 Å². The van der Waals surface area contributed by atoms with E-state index < -0.39 is 10.0 Å². The molecule has 0 atom stereocenters. The fourth-order valence-electron chi connectivity index (χ4n) is 1.95. The van der Waals surface area contributed by atoms with Gasteiger partial charge in [0.25, 0.3) is 0 Å². The van der Waals surface area contributed by atoms with Gasteiger partial charge in [0.05, 0.1) is 0 Å². The van der Waals surface area contributed by atoms with Crippen molar-refractivity contribution in [2.45, 2.75) is 31.6 Å². The highest BCUT2D eigenvalue weighted by atomic mass is 32.2. The van der Waals surface area contributed by atoms with E-state index in [1.54, 1.807) is 20.0 Å². The molecular formula is C13H17N3O3S. The molecular weight excluding hydrogens is 278 g/mol. The average molecular weight is 295 g/mol. The molecule has 0 saturated carbocycles. The molecule has 6 nitrogen and oxygen atoms in total. The molecule has 2 aromatic heterocycles. The van der Waals surface area contributed by atoms with Gasteiger partial charge in [0, 0.05) is 18.4 Å². The molecule has 0 aliphatic carbocycles. The number of nitrogens with one attached hydrogen (secondary N) is 1. The highest BCUT2D eigenvalue weighted by Crippen LogP contribution is 2.18. The summed E-state index contributed by atoms with van der Waals surface area (Å²) in [6.07, 6.45) is 3.13. The first-order valence-corrected chi connectivity index (χ1v) is 7.81. The lowest BCUT2D eigenvalue weighted by Gasteiger charge is -2.05. The summed E-state index contributed by atoms with van der Waals surface area (Å²) >= 11 is 0. The van der Waals surface area contributed by atoms with E-state index >= 15 is 0 Å². The van der Waals surface area contributed by atoms with Gasteiger partial charge in [-0.1, -0.05) is 11.2 Å². The number of nitrogens with zero attached hydrogens (tertiary/aromatic N) is 2. The Hall–Kier alpha value is -1.73. The zero-order valence-electron chi connectivity index (χ0n) is 11.5. The zero-order valence-corrected chi connectivity index (χ0v) is 12.3. The third-order valence-electron chi connectivity index (χ3n) is 2.86. The lowest BCUT2D eigenvalue weighted by atomic mass is 10.2. The van der Waals surface area contributed by atoms with Gasteiger partial charge in [-0.25, -0.2) is 13.1 Å². The average Bonchev–Trinajstić information content (AvgIpc) is 2.76. The summed E-state index contributed by atoms with van der Waals surface area (Å²) in [4.78, 5) is 4.32. The molecule has 7 heteroatoms. The second-order valence-corrected chi connectivity index (χ2v) is 6.18. The fourth-order valence-corrected chi connectivity index (χ4v) is 3.35. The smallest absolute Gasteiger partial charge is 0.245 e. The molecule has 1 N–H and O–H groups in total. The molecule has 20 heavy (non-hydrogen) atoms. The fraction of sp³-hybridized carbons (Fsp3) is 0.385. The van der Waals surface area contributed by atoms with Gasteiger partial charge in [-0.15, -0.1) is 0 Å². The van der Waals surface area contributed by atoms with Gasteiger partial charge in [0.15, 0.2) is 5.76 Å². The van der Waals surface area contributed by atoms with Gasteiger partial charge in [-0.3, -0.25) is 4.98 Å². The van der Waals surface area contributed by atoms with Crippen LogP contribution in [0.5, 0.6) is 0 Å². The zero-order chi connectivity index (χ0) is 14.6. The number of rotatable bonds is 6. The van der Waals surface area contributed by atoms with Gasteiger partial charge in [0.2, 0.25) is 10.0 Å². The Bertz CT molecular complexity index is 646. The molecule has 0 radical (unpaired) electrons. The van der Waals surface area contributed by atoms with E-state index in [-0.39, 0.29) is 4.90 Å². The molecule has 0 saturated heterocycles. The first-order valence-electron chi connectivity index (χ1n) is 6.33. The van der Waals surface area contributed by atoms with Gasteiger partial charge >= 0.3 is 0 Å². The number of hydrogen-bond acceptors (Lipinski definition) is 5. The molecule has 2 rings (SSSR count). The molecule has 0 aromatic carbocycles. The summed E-state index contributed by atoms with van der Waals surface area (Å²) in [5.74, 6) is 0.305. The van der Waals surface area contributed by atoms with Gasteiger partial charge in [0.1, 0.15) is 10.6 Å². The van der Waals surface area contributed by atoms with Crippen molar-refractivity contribution in [3.05, 3.63) is 41.5 Å². The van der Waals surface area contributed by atoms with Crippen LogP contribution >= 0.6 is 0 Å². The summed E-state index contributed by atoms with van der Waals surface area (Å²) in [6, 6.07) is 5.68. The number of pyridine rings is 1. The van der Waals surface area contributed by atoms with Gasteiger partial charge < -0.3 is 4.52 Å². The number of aromatic nitrogens is 2. The Morgan fingerprint density at radius 3 is 2.70 bits per heavy atom. The van der Waals surface area contributed by atoms with Crippen LogP contribution in [0.1, 0.15) is 23.6 Å². The van der Waals surface area contributed by atoms with Crippen LogP contribution in [0, 0.1) is 13.8 Å². The van der Waals surface area contributed by atoms with E-state index in [9.17, 15) is 8.42 Å². The molecule has 0 bridgehead atoms. The highest BCUT2D eigenvalue weighted by molar-refractivity contribution is 7.89. The van der Waals surface area contributed by atoms with Crippen LogP contribution in [0.2, 0.25) is 0 Å². The van der Waals surface area contributed by atoms with Crippen LogP contribution in [0.3, 0.4) is 0 Å². The Balaban J connectivity index is 1.91. The van der Waals surface area contributed by atoms with Crippen LogP contribution in [-0.2, 0) is 16.4 Å². The molecule has 2 aromatic rings. The van der Waals surface area contributed by atoms with Gasteiger partial charge in [-0.2, -0.15) is 0 Å². The van der Waals surface area contributed by atoms with Crippen molar-refractivity contribution in [1.29, 1.82) is 0 Å². The minimum Gasteiger partial charge on any atom is -0.360 e. The highest BCUT2D eigenvalue weighted by Gasteiger charge is 2.23. The van der Waals surface area contributed by atoms with Crippen LogP contribution in [0.4, 0.5) is 0 Å². The van der Waals surface area contributed by atoms with Crippen molar-refractivity contribution in [1.82, 2.24) is 14.9 Å². The van der Waals surface area contributed by atoms with Gasteiger partial charge in [-0.05, 0) is 38.8 Å². The van der Waals surface area contributed by atoms with Crippen LogP contribution in [0.15, 0.2) is 33.8 Å². The van der Waals surface area contributed by atoms with Crippen LogP contribution in [0.25, 0.3) is 0 Å². The Morgan fingerprint density at radius 1 is 1.30 bits per heavy atom. The van der Waals surface area contributed by atoms with Crippen molar-refractivity contribution < 1.29 is 12.9 Å². The number of hydrogen-bond donors (Lipinski definition) is 1. The lowest BCUT2D eigenvalue weighted by Crippen LogP contribution is -2.26. The summed E-state index contributed by atoms with van der Waals surface area (Å²) in [7, 11) is -3.56. The maximum atomic E-state index is 12.1. The standard InChI is InChI=1S/C13H17N3O3S/c1-10-13(11(2)19-16-10)20(17,18)15-9-5-7-12-6-3-4-8-14-12/h3-4,6,8,15H,5,7,9H2,1-2H3. The third kappa shape index (κ3) is 3.43. The molecule has 0 fully saturated rings. The maximum Gasteiger partial charge on any atom is 0.245 e. The van der Waals surface area contributed by atoms with Crippen molar-refractivity contribution in [3.8, 4) is 0 Å². The molecule has 0 unspecified atom stereocenters. The molecule has 108 valence electrons. The predicted octanol–water partition coefficient (Wildman–Crippen LogP) is 1.60. The molecule has 0 aliphatic heterocycles. The van der Waals surface area contributed by atoms with E-state index in [4.69, 9.17) is 4.52 Å². The number of aryl methyl sites for hydroxylation is 3. The van der Waals surface area contributed by atoms with Crippen molar-refractivity contribution >= 4 is 10.0 Å². The van der Waals surface area contributed by atoms with Crippen LogP contribution < -0.4 is 4.72 Å². The normalized spacial score (nSPS) is 11.7. The lowest BCUT2D eigenvalue weighted by molar-refractivity contribution is 0.390. The minimum absolute atomic E-state index is 0.135. The van der Waals surface area contributed by atoms with E-state index in [1.807, 2.05) is 18.2 Å². The van der Waals surface area contributed by atoms with E-state index in [0.717, 1.165) is 12.1 Å². The van der Waals surface area contributed by atoms with E-state index in [0.29, 0.717) is 24.4 Å². The Morgan fingerprint density at radius 2 is 2.10 bits per heavy atom. The summed E-state index contributed by atoms with van der Waals surface area (Å²) < 4.78 is 31.7. The van der Waals surface area contributed by atoms with Crippen molar-refractivity contribution in [3.63, 3.8) is 0 Å². The second kappa shape index (κ2) is 6.15. The van der Waals surface area contributed by atoms with Crippen molar-refractivity contribution in [2.75, 3.05) is 6.54 Å². The first kappa shape index (κ1) is 14.7. The summed E-state index contributed by atoms with van der Waals surface area (Å²) in [5.41, 5.74) is 1.32. The molecule has 0 amide bonds. The second-order valence-electron chi connectivity index (χ2n) is 4.48. The Kier molecular flexibility index (Phi) is 4.51. The molecule has 0 spiro atoms.